The van der Waals surface area contributed by atoms with Crippen molar-refractivity contribution in [3.8, 4) is 0 Å². The van der Waals surface area contributed by atoms with E-state index in [1.54, 1.807) is 0 Å². The molecule has 2 atom stereocenters. The van der Waals surface area contributed by atoms with Gasteiger partial charge in [0.05, 0.1) is 11.7 Å². The molecule has 3 nitrogen and oxygen atoms in total. The van der Waals surface area contributed by atoms with Gasteiger partial charge in [0.2, 0.25) is 0 Å². The summed E-state index contributed by atoms with van der Waals surface area (Å²) >= 11 is 0. The fraction of sp³-hybridized carbons (Fsp3) is 0.812. The number of likely N-dealkylation sites (N-methyl/N-ethyl adjacent to an activating group) is 1. The van der Waals surface area contributed by atoms with Crippen molar-refractivity contribution in [3.63, 3.8) is 0 Å². The van der Waals surface area contributed by atoms with E-state index in [1.165, 1.54) is 37.8 Å². The van der Waals surface area contributed by atoms with Crippen LogP contribution in [0.4, 0.5) is 0 Å². The molecule has 2 saturated carbocycles. The summed E-state index contributed by atoms with van der Waals surface area (Å²) in [6, 6.07) is 3.47. The second-order valence-electron chi connectivity index (χ2n) is 7.12. The third-order valence-corrected chi connectivity index (χ3v) is 5.24. The predicted octanol–water partition coefficient (Wildman–Crippen LogP) is 3.17. The fourth-order valence-electron chi connectivity index (χ4n) is 3.72. The molecule has 1 heterocycles. The summed E-state index contributed by atoms with van der Waals surface area (Å²) in [5, 5.41) is 8.31. The molecule has 1 aromatic heterocycles. The Bertz CT molecular complexity index is 429. The maximum absolute atomic E-state index is 4.81. The third kappa shape index (κ3) is 2.71. The zero-order chi connectivity index (χ0) is 13.5. The lowest BCUT2D eigenvalue weighted by Crippen LogP contribution is -2.31. The molecule has 3 heteroatoms. The SMILES string of the molecule is CNC(Cc1ccn(C2CCCC2)n1)C1CC1(C)C. The van der Waals surface area contributed by atoms with Gasteiger partial charge in [0, 0.05) is 18.7 Å². The molecule has 19 heavy (non-hydrogen) atoms. The zero-order valence-electron chi connectivity index (χ0n) is 12.5. The summed E-state index contributed by atoms with van der Waals surface area (Å²) in [5.41, 5.74) is 1.79. The van der Waals surface area contributed by atoms with E-state index in [2.05, 4.69) is 43.2 Å². The molecule has 0 amide bonds. The number of aromatic nitrogens is 2. The van der Waals surface area contributed by atoms with Gasteiger partial charge in [0.1, 0.15) is 0 Å². The Morgan fingerprint density at radius 1 is 1.42 bits per heavy atom. The lowest BCUT2D eigenvalue weighted by molar-refractivity contribution is 0.416. The predicted molar refractivity (Wildman–Crippen MR) is 78.2 cm³/mol. The molecule has 0 bridgehead atoms. The molecule has 106 valence electrons. The van der Waals surface area contributed by atoms with Crippen molar-refractivity contribution in [2.45, 2.75) is 64.5 Å². The number of nitrogens with zero attached hydrogens (tertiary/aromatic N) is 2. The van der Waals surface area contributed by atoms with E-state index in [-0.39, 0.29) is 0 Å². The molecule has 0 radical (unpaired) electrons. The van der Waals surface area contributed by atoms with Crippen LogP contribution in [0.25, 0.3) is 0 Å². The molecule has 0 spiro atoms. The molecule has 1 N–H and O–H groups in total. The smallest absolute Gasteiger partial charge is 0.0640 e. The van der Waals surface area contributed by atoms with E-state index in [0.29, 0.717) is 17.5 Å². The van der Waals surface area contributed by atoms with Gasteiger partial charge in [-0.25, -0.2) is 0 Å². The molecule has 0 aliphatic heterocycles. The summed E-state index contributed by atoms with van der Waals surface area (Å²) in [6.07, 6.45) is 9.98. The molecule has 2 aliphatic rings. The van der Waals surface area contributed by atoms with Crippen molar-refractivity contribution >= 4 is 0 Å². The van der Waals surface area contributed by atoms with Crippen molar-refractivity contribution in [1.29, 1.82) is 0 Å². The Morgan fingerprint density at radius 2 is 2.11 bits per heavy atom. The van der Waals surface area contributed by atoms with E-state index in [0.717, 1.165) is 12.3 Å². The van der Waals surface area contributed by atoms with Crippen LogP contribution >= 0.6 is 0 Å². The normalized spacial score (nSPS) is 27.6. The van der Waals surface area contributed by atoms with Gasteiger partial charge in [0.15, 0.2) is 0 Å². The highest BCUT2D eigenvalue weighted by Gasteiger charge is 2.49. The van der Waals surface area contributed by atoms with Gasteiger partial charge in [-0.15, -0.1) is 0 Å². The Morgan fingerprint density at radius 3 is 2.68 bits per heavy atom. The Kier molecular flexibility index (Phi) is 3.42. The van der Waals surface area contributed by atoms with Crippen molar-refractivity contribution in [3.05, 3.63) is 18.0 Å². The first kappa shape index (κ1) is 13.2. The van der Waals surface area contributed by atoms with Gasteiger partial charge in [-0.1, -0.05) is 26.7 Å². The van der Waals surface area contributed by atoms with Crippen molar-refractivity contribution in [1.82, 2.24) is 15.1 Å². The van der Waals surface area contributed by atoms with Crippen LogP contribution in [-0.4, -0.2) is 22.9 Å². The minimum Gasteiger partial charge on any atom is -0.316 e. The van der Waals surface area contributed by atoms with Gasteiger partial charge in [-0.3, -0.25) is 4.68 Å². The minimum absolute atomic E-state index is 0.529. The van der Waals surface area contributed by atoms with Gasteiger partial charge in [0.25, 0.3) is 0 Å². The Balaban J connectivity index is 1.63. The van der Waals surface area contributed by atoms with E-state index in [1.807, 2.05) is 0 Å². The van der Waals surface area contributed by atoms with Crippen molar-refractivity contribution < 1.29 is 0 Å². The molecule has 1 aromatic rings. The molecular formula is C16H27N3. The fourth-order valence-corrected chi connectivity index (χ4v) is 3.72. The zero-order valence-corrected chi connectivity index (χ0v) is 12.5. The maximum Gasteiger partial charge on any atom is 0.0640 e. The number of hydrogen-bond acceptors (Lipinski definition) is 2. The molecule has 3 rings (SSSR count). The van der Waals surface area contributed by atoms with Crippen LogP contribution < -0.4 is 5.32 Å². The first-order valence-electron chi connectivity index (χ1n) is 7.81. The Labute approximate surface area is 116 Å². The minimum atomic E-state index is 0.529. The molecule has 0 aromatic carbocycles. The van der Waals surface area contributed by atoms with Crippen LogP contribution in [0.15, 0.2) is 12.3 Å². The van der Waals surface area contributed by atoms with Crippen LogP contribution in [0.1, 0.15) is 57.7 Å². The van der Waals surface area contributed by atoms with Gasteiger partial charge >= 0.3 is 0 Å². The number of nitrogens with one attached hydrogen (secondary N) is 1. The molecule has 2 aliphatic carbocycles. The van der Waals surface area contributed by atoms with E-state index in [4.69, 9.17) is 5.10 Å². The van der Waals surface area contributed by atoms with E-state index >= 15 is 0 Å². The van der Waals surface area contributed by atoms with Crippen LogP contribution in [0, 0.1) is 11.3 Å². The lowest BCUT2D eigenvalue weighted by atomic mass is 10.00. The van der Waals surface area contributed by atoms with Gasteiger partial charge < -0.3 is 5.32 Å². The summed E-state index contributed by atoms with van der Waals surface area (Å²) in [4.78, 5) is 0. The van der Waals surface area contributed by atoms with Gasteiger partial charge in [-0.2, -0.15) is 5.10 Å². The highest BCUT2D eigenvalue weighted by Crippen LogP contribution is 2.53. The monoisotopic (exact) mass is 261 g/mol. The third-order valence-electron chi connectivity index (χ3n) is 5.24. The maximum atomic E-state index is 4.81. The highest BCUT2D eigenvalue weighted by atomic mass is 15.3. The van der Waals surface area contributed by atoms with Gasteiger partial charge in [-0.05, 0) is 43.7 Å². The second kappa shape index (κ2) is 4.93. The summed E-state index contributed by atoms with van der Waals surface area (Å²) in [6.45, 7) is 4.75. The molecule has 0 saturated heterocycles. The van der Waals surface area contributed by atoms with Crippen molar-refractivity contribution in [2.24, 2.45) is 11.3 Å². The number of hydrogen-bond donors (Lipinski definition) is 1. The average Bonchev–Trinajstić information content (AvgIpc) is 2.87. The Hall–Kier alpha value is -0.830. The van der Waals surface area contributed by atoms with E-state index < -0.39 is 0 Å². The summed E-state index contributed by atoms with van der Waals surface area (Å²) in [5.74, 6) is 0.814. The summed E-state index contributed by atoms with van der Waals surface area (Å²) < 4.78 is 2.22. The molecular weight excluding hydrogens is 234 g/mol. The average molecular weight is 261 g/mol. The first-order chi connectivity index (χ1) is 9.10. The van der Waals surface area contributed by atoms with Crippen LogP contribution in [0.3, 0.4) is 0 Å². The largest absolute Gasteiger partial charge is 0.316 e. The molecule has 2 unspecified atom stereocenters. The standard InChI is InChI=1S/C16H27N3/c1-16(2)11-14(16)15(17-3)10-12-8-9-19(18-12)13-6-4-5-7-13/h8-9,13-15,17H,4-7,10-11H2,1-3H3. The molecule has 2 fully saturated rings. The van der Waals surface area contributed by atoms with Crippen molar-refractivity contribution in [2.75, 3.05) is 7.05 Å². The first-order valence-corrected chi connectivity index (χ1v) is 7.81. The van der Waals surface area contributed by atoms with Crippen LogP contribution in [-0.2, 0) is 6.42 Å². The topological polar surface area (TPSA) is 29.9 Å². The summed E-state index contributed by atoms with van der Waals surface area (Å²) in [7, 11) is 2.09. The quantitative estimate of drug-likeness (QED) is 0.882. The number of rotatable bonds is 5. The van der Waals surface area contributed by atoms with Crippen LogP contribution in [0.5, 0.6) is 0 Å². The van der Waals surface area contributed by atoms with Crippen LogP contribution in [0.2, 0.25) is 0 Å². The van der Waals surface area contributed by atoms with E-state index in [9.17, 15) is 0 Å². The second-order valence-corrected chi connectivity index (χ2v) is 7.12. The highest BCUT2D eigenvalue weighted by molar-refractivity contribution is 5.09. The lowest BCUT2D eigenvalue weighted by Gasteiger charge is -2.17.